The Kier molecular flexibility index (Phi) is 4.02. The Morgan fingerprint density at radius 1 is 1.13 bits per heavy atom. The quantitative estimate of drug-likeness (QED) is 0.677. The molecular formula is C13H20ClSi. The average molecular weight is 240 g/mol. The van der Waals surface area contributed by atoms with E-state index in [4.69, 9.17) is 11.6 Å². The van der Waals surface area contributed by atoms with E-state index in [9.17, 15) is 0 Å². The summed E-state index contributed by atoms with van der Waals surface area (Å²) >= 11 is 6.29. The lowest BCUT2D eigenvalue weighted by molar-refractivity contribution is 0.723. The van der Waals surface area contributed by atoms with Crippen molar-refractivity contribution >= 4 is 25.6 Å². The molecule has 0 aliphatic carbocycles. The van der Waals surface area contributed by atoms with Crippen molar-refractivity contribution < 1.29 is 0 Å². The van der Waals surface area contributed by atoms with E-state index in [0.29, 0.717) is 10.6 Å². The summed E-state index contributed by atoms with van der Waals surface area (Å²) < 4.78 is 0. The highest BCUT2D eigenvalue weighted by Gasteiger charge is 2.32. The Labute approximate surface area is 100 Å². The van der Waals surface area contributed by atoms with Gasteiger partial charge >= 0.3 is 0 Å². The van der Waals surface area contributed by atoms with E-state index in [1.807, 2.05) is 12.1 Å². The van der Waals surface area contributed by atoms with Gasteiger partial charge in [-0.05, 0) is 21.8 Å². The first-order valence-corrected chi connectivity index (χ1v) is 7.42. The molecule has 0 saturated heterocycles. The van der Waals surface area contributed by atoms with Crippen LogP contribution in [0.3, 0.4) is 0 Å². The van der Waals surface area contributed by atoms with Crippen LogP contribution in [-0.4, -0.2) is 8.80 Å². The molecule has 0 heterocycles. The van der Waals surface area contributed by atoms with Gasteiger partial charge in [0.05, 0.1) is 8.80 Å². The summed E-state index contributed by atoms with van der Waals surface area (Å²) in [6, 6.07) is 8.31. The maximum atomic E-state index is 6.29. The number of halogens is 1. The lowest BCUT2D eigenvalue weighted by atomic mass is 10.2. The van der Waals surface area contributed by atoms with Crippen LogP contribution in [0.5, 0.6) is 0 Å². The molecule has 0 N–H and O–H groups in total. The summed E-state index contributed by atoms with van der Waals surface area (Å²) in [5.74, 6) is 0. The molecule has 0 nitrogen and oxygen atoms in total. The smallest absolute Gasteiger partial charge is 0.0845 e. The maximum absolute atomic E-state index is 6.29. The maximum Gasteiger partial charge on any atom is 0.0960 e. The van der Waals surface area contributed by atoms with Gasteiger partial charge in [0.2, 0.25) is 0 Å². The molecule has 2 heteroatoms. The van der Waals surface area contributed by atoms with E-state index < -0.39 is 8.80 Å². The van der Waals surface area contributed by atoms with Crippen molar-refractivity contribution in [3.05, 3.63) is 29.3 Å². The molecule has 1 rings (SSSR count). The van der Waals surface area contributed by atoms with E-state index >= 15 is 0 Å². The minimum Gasteiger partial charge on any atom is -0.0845 e. The number of hydrogen-bond acceptors (Lipinski definition) is 0. The fraction of sp³-hybridized carbons (Fsp3) is 0.538. The van der Waals surface area contributed by atoms with Gasteiger partial charge < -0.3 is 0 Å². The highest BCUT2D eigenvalue weighted by Crippen LogP contribution is 2.34. The van der Waals surface area contributed by atoms with Crippen LogP contribution in [-0.2, 0) is 0 Å². The van der Waals surface area contributed by atoms with Gasteiger partial charge in [0.25, 0.3) is 0 Å². The Hall–Kier alpha value is -0.273. The third kappa shape index (κ3) is 3.09. The van der Waals surface area contributed by atoms with Crippen molar-refractivity contribution in [2.24, 2.45) is 0 Å². The third-order valence-electron chi connectivity index (χ3n) is 2.55. The summed E-state index contributed by atoms with van der Waals surface area (Å²) in [4.78, 5) is 0. The minimum absolute atomic E-state index is 0.351. The Balaban J connectivity index is 3.17. The molecule has 1 aromatic carbocycles. The summed E-state index contributed by atoms with van der Waals surface area (Å²) in [6.07, 6.45) is 0. The van der Waals surface area contributed by atoms with E-state index in [2.05, 4.69) is 46.8 Å². The summed E-state index contributed by atoms with van der Waals surface area (Å²) in [5, 5.41) is 2.67. The first kappa shape index (κ1) is 12.8. The van der Waals surface area contributed by atoms with Crippen LogP contribution in [0.25, 0.3) is 0 Å². The lowest BCUT2D eigenvalue weighted by Gasteiger charge is -2.33. The van der Waals surface area contributed by atoms with E-state index in [1.165, 1.54) is 5.19 Å². The molecule has 0 amide bonds. The molecule has 83 valence electrons. The van der Waals surface area contributed by atoms with Crippen molar-refractivity contribution in [1.29, 1.82) is 0 Å². The van der Waals surface area contributed by atoms with Crippen LogP contribution < -0.4 is 5.19 Å². The van der Waals surface area contributed by atoms with Gasteiger partial charge in [0, 0.05) is 5.02 Å². The zero-order valence-corrected chi connectivity index (χ0v) is 12.0. The first-order valence-electron chi connectivity index (χ1n) is 5.46. The topological polar surface area (TPSA) is 0 Å². The zero-order chi connectivity index (χ0) is 11.6. The van der Waals surface area contributed by atoms with Crippen LogP contribution in [0, 0.1) is 0 Å². The molecule has 0 fully saturated rings. The second-order valence-electron chi connectivity index (χ2n) is 5.30. The average Bonchev–Trinajstić information content (AvgIpc) is 2.05. The molecule has 0 aliphatic heterocycles. The standard InChI is InChI=1S/C13H20ClSi/c1-10(2)15(13(3,4)5)12-9-7-6-8-11(12)14/h6-10H,1-5H3. The number of benzene rings is 1. The van der Waals surface area contributed by atoms with E-state index in [0.717, 1.165) is 5.02 Å². The third-order valence-corrected chi connectivity index (χ3v) is 6.82. The highest BCUT2D eigenvalue weighted by atomic mass is 35.5. The zero-order valence-electron chi connectivity index (χ0n) is 10.3. The van der Waals surface area contributed by atoms with Crippen molar-refractivity contribution in [3.8, 4) is 0 Å². The predicted molar refractivity (Wildman–Crippen MR) is 71.7 cm³/mol. The van der Waals surface area contributed by atoms with Gasteiger partial charge in [-0.3, -0.25) is 0 Å². The number of hydrogen-bond donors (Lipinski definition) is 0. The molecule has 0 saturated carbocycles. The summed E-state index contributed by atoms with van der Waals surface area (Å²) in [6.45, 7) is 11.6. The van der Waals surface area contributed by atoms with Crippen LogP contribution in [0.1, 0.15) is 34.6 Å². The molecule has 0 spiro atoms. The summed E-state index contributed by atoms with van der Waals surface area (Å²) in [5.41, 5.74) is 0.704. The second-order valence-corrected chi connectivity index (χ2v) is 9.73. The van der Waals surface area contributed by atoms with Gasteiger partial charge in [-0.2, -0.15) is 0 Å². The van der Waals surface area contributed by atoms with Crippen LogP contribution in [0.2, 0.25) is 15.6 Å². The molecule has 0 aliphatic rings. The van der Waals surface area contributed by atoms with Crippen LogP contribution in [0.4, 0.5) is 0 Å². The minimum atomic E-state index is -0.617. The van der Waals surface area contributed by atoms with Crippen molar-refractivity contribution in [2.45, 2.75) is 45.2 Å². The molecule has 0 atom stereocenters. The molecule has 0 unspecified atom stereocenters. The molecule has 15 heavy (non-hydrogen) atoms. The Morgan fingerprint density at radius 2 is 1.67 bits per heavy atom. The number of rotatable bonds is 2. The fourth-order valence-electron chi connectivity index (χ4n) is 2.26. The predicted octanol–water partition coefficient (Wildman–Crippen LogP) is 4.25. The second kappa shape index (κ2) is 4.71. The van der Waals surface area contributed by atoms with E-state index in [-0.39, 0.29) is 0 Å². The molecular weight excluding hydrogens is 220 g/mol. The van der Waals surface area contributed by atoms with Crippen LogP contribution in [0.15, 0.2) is 24.3 Å². The monoisotopic (exact) mass is 239 g/mol. The highest BCUT2D eigenvalue weighted by molar-refractivity contribution is 6.79. The van der Waals surface area contributed by atoms with Crippen molar-refractivity contribution in [2.75, 3.05) is 0 Å². The normalized spacial score (nSPS) is 12.5. The van der Waals surface area contributed by atoms with Gasteiger partial charge in [-0.15, -0.1) is 0 Å². The van der Waals surface area contributed by atoms with Crippen molar-refractivity contribution in [3.63, 3.8) is 0 Å². The molecule has 1 aromatic rings. The fourth-order valence-corrected chi connectivity index (χ4v) is 6.48. The Morgan fingerprint density at radius 3 is 2.07 bits per heavy atom. The first-order chi connectivity index (χ1) is 6.84. The Bertz CT molecular complexity index is 326. The molecule has 0 aromatic heterocycles. The summed E-state index contributed by atoms with van der Waals surface area (Å²) in [7, 11) is -0.617. The van der Waals surface area contributed by atoms with Crippen molar-refractivity contribution in [1.82, 2.24) is 0 Å². The largest absolute Gasteiger partial charge is 0.0960 e. The SMILES string of the molecule is CC(C)[Si](c1ccccc1Cl)C(C)(C)C. The van der Waals surface area contributed by atoms with Gasteiger partial charge in [-0.1, -0.05) is 64.4 Å². The van der Waals surface area contributed by atoms with E-state index in [1.54, 1.807) is 0 Å². The lowest BCUT2D eigenvalue weighted by Crippen LogP contribution is -2.41. The van der Waals surface area contributed by atoms with Gasteiger partial charge in [0.15, 0.2) is 0 Å². The molecule has 0 bridgehead atoms. The molecule has 1 radical (unpaired) electrons. The van der Waals surface area contributed by atoms with Crippen LogP contribution >= 0.6 is 11.6 Å². The van der Waals surface area contributed by atoms with Gasteiger partial charge in [0.1, 0.15) is 0 Å². The van der Waals surface area contributed by atoms with Gasteiger partial charge in [-0.25, -0.2) is 0 Å².